The predicted octanol–water partition coefficient (Wildman–Crippen LogP) is 6.09. The molecule has 2 aliphatic carbocycles. The van der Waals surface area contributed by atoms with Crippen LogP contribution in [0.2, 0.25) is 0 Å². The molecule has 0 heterocycles. The molecule has 20 heavy (non-hydrogen) atoms. The van der Waals surface area contributed by atoms with Crippen molar-refractivity contribution < 1.29 is 0 Å². The highest BCUT2D eigenvalue weighted by atomic mass is 35.5. The van der Waals surface area contributed by atoms with Gasteiger partial charge in [-0.3, -0.25) is 0 Å². The third kappa shape index (κ3) is 2.52. The molecule has 0 amide bonds. The monoisotopic (exact) mass is 290 g/mol. The van der Waals surface area contributed by atoms with Crippen LogP contribution in [0.15, 0.2) is 24.3 Å². The third-order valence-electron chi connectivity index (χ3n) is 5.96. The van der Waals surface area contributed by atoms with Crippen LogP contribution in [0.3, 0.4) is 0 Å². The molecule has 2 fully saturated rings. The van der Waals surface area contributed by atoms with Gasteiger partial charge in [-0.25, -0.2) is 0 Å². The second kappa shape index (κ2) is 5.37. The number of fused-ring (bicyclic) bond motifs is 1. The number of rotatable bonds is 4. The molecule has 1 aromatic rings. The first kappa shape index (κ1) is 14.4. The number of halogens is 1. The zero-order valence-corrected chi connectivity index (χ0v) is 13.8. The van der Waals surface area contributed by atoms with Crippen molar-refractivity contribution in [3.05, 3.63) is 35.4 Å². The zero-order chi connectivity index (χ0) is 14.3. The van der Waals surface area contributed by atoms with E-state index in [4.69, 9.17) is 11.6 Å². The Balaban J connectivity index is 1.72. The summed E-state index contributed by atoms with van der Waals surface area (Å²) in [7, 11) is 0. The number of benzene rings is 1. The van der Waals surface area contributed by atoms with Crippen LogP contribution in [-0.2, 0) is 5.41 Å². The van der Waals surface area contributed by atoms with Crippen molar-refractivity contribution in [3.63, 3.8) is 0 Å². The quantitative estimate of drug-likeness (QED) is 0.589. The first-order valence-electron chi connectivity index (χ1n) is 8.29. The molecule has 0 aromatic heterocycles. The normalized spacial score (nSPS) is 30.7. The van der Waals surface area contributed by atoms with E-state index in [9.17, 15) is 0 Å². The molecule has 1 aromatic carbocycles. The van der Waals surface area contributed by atoms with E-state index in [1.54, 1.807) is 0 Å². The molecule has 0 N–H and O–H groups in total. The Bertz CT molecular complexity index is 447. The summed E-state index contributed by atoms with van der Waals surface area (Å²) in [6, 6.07) is 9.13. The fraction of sp³-hybridized carbons (Fsp3) is 0.684. The van der Waals surface area contributed by atoms with E-state index >= 15 is 0 Å². The van der Waals surface area contributed by atoms with Gasteiger partial charge in [-0.15, -0.1) is 11.6 Å². The van der Waals surface area contributed by atoms with Crippen LogP contribution in [0.25, 0.3) is 0 Å². The van der Waals surface area contributed by atoms with Crippen molar-refractivity contribution in [2.24, 2.45) is 17.8 Å². The van der Waals surface area contributed by atoms with Crippen molar-refractivity contribution in [2.45, 2.75) is 63.7 Å². The Labute approximate surface area is 128 Å². The minimum atomic E-state index is 0.238. The lowest BCUT2D eigenvalue weighted by atomic mass is 9.82. The van der Waals surface area contributed by atoms with Crippen LogP contribution in [0.1, 0.15) is 69.4 Å². The predicted molar refractivity (Wildman–Crippen MR) is 87.3 cm³/mol. The summed E-state index contributed by atoms with van der Waals surface area (Å²) < 4.78 is 0. The van der Waals surface area contributed by atoms with Gasteiger partial charge in [-0.2, -0.15) is 0 Å². The molecule has 0 bridgehead atoms. The molecule has 110 valence electrons. The van der Waals surface area contributed by atoms with Crippen LogP contribution in [0.5, 0.6) is 0 Å². The van der Waals surface area contributed by atoms with Gasteiger partial charge in [0.25, 0.3) is 0 Å². The summed E-state index contributed by atoms with van der Waals surface area (Å²) in [6.45, 7) is 6.89. The summed E-state index contributed by atoms with van der Waals surface area (Å²) in [5, 5.41) is 0.238. The number of hydrogen-bond acceptors (Lipinski definition) is 0. The lowest BCUT2D eigenvalue weighted by molar-refractivity contribution is 0.480. The second-order valence-corrected chi connectivity index (χ2v) is 7.92. The standard InChI is InChI=1S/C19H27Cl/c1-4-19(2,3)14-11-9-13(10-12-14)18(20)17-15-7-5-6-8-16(15)17/h9-12,15-18H,4-8H2,1-3H3. The molecule has 3 atom stereocenters. The Morgan fingerprint density at radius 3 is 2.15 bits per heavy atom. The topological polar surface area (TPSA) is 0 Å². The fourth-order valence-corrected chi connectivity index (χ4v) is 4.55. The number of hydrogen-bond donors (Lipinski definition) is 0. The lowest BCUT2D eigenvalue weighted by Crippen LogP contribution is -2.15. The molecule has 0 spiro atoms. The van der Waals surface area contributed by atoms with Crippen molar-refractivity contribution in [1.82, 2.24) is 0 Å². The minimum Gasteiger partial charge on any atom is -0.117 e. The minimum absolute atomic E-state index is 0.238. The summed E-state index contributed by atoms with van der Waals surface area (Å²) in [5.41, 5.74) is 3.04. The van der Waals surface area contributed by atoms with Crippen molar-refractivity contribution in [2.75, 3.05) is 0 Å². The first-order valence-corrected chi connectivity index (χ1v) is 8.73. The maximum atomic E-state index is 6.78. The second-order valence-electron chi connectivity index (χ2n) is 7.45. The molecular formula is C19H27Cl. The molecule has 2 aliphatic rings. The SMILES string of the molecule is CCC(C)(C)c1ccc(C(Cl)C2C3CCCCC32)cc1. The van der Waals surface area contributed by atoms with Gasteiger partial charge in [0.2, 0.25) is 0 Å². The Hall–Kier alpha value is -0.490. The third-order valence-corrected chi connectivity index (χ3v) is 6.50. The molecule has 0 aliphatic heterocycles. The first-order chi connectivity index (χ1) is 9.54. The van der Waals surface area contributed by atoms with E-state index in [1.165, 1.54) is 43.2 Å². The van der Waals surface area contributed by atoms with Gasteiger partial charge in [-0.05, 0) is 53.6 Å². The van der Waals surface area contributed by atoms with E-state index in [0.29, 0.717) is 0 Å². The molecule has 0 nitrogen and oxygen atoms in total. The van der Waals surface area contributed by atoms with Crippen LogP contribution in [-0.4, -0.2) is 0 Å². The summed E-state index contributed by atoms with van der Waals surface area (Å²) >= 11 is 6.78. The molecule has 3 rings (SSSR count). The van der Waals surface area contributed by atoms with Gasteiger partial charge >= 0.3 is 0 Å². The van der Waals surface area contributed by atoms with Crippen molar-refractivity contribution in [1.29, 1.82) is 0 Å². The van der Waals surface area contributed by atoms with Crippen LogP contribution in [0, 0.1) is 17.8 Å². The van der Waals surface area contributed by atoms with Gasteiger partial charge in [-0.1, -0.05) is 57.9 Å². The van der Waals surface area contributed by atoms with Crippen LogP contribution in [0.4, 0.5) is 0 Å². The van der Waals surface area contributed by atoms with Gasteiger partial charge < -0.3 is 0 Å². The molecule has 1 heteroatoms. The summed E-state index contributed by atoms with van der Waals surface area (Å²) in [4.78, 5) is 0. The maximum Gasteiger partial charge on any atom is 0.0618 e. The lowest BCUT2D eigenvalue weighted by Gasteiger charge is -2.24. The molecular weight excluding hydrogens is 264 g/mol. The van der Waals surface area contributed by atoms with E-state index in [1.807, 2.05) is 0 Å². The van der Waals surface area contributed by atoms with Crippen LogP contribution >= 0.6 is 11.6 Å². The zero-order valence-electron chi connectivity index (χ0n) is 13.0. The summed E-state index contributed by atoms with van der Waals surface area (Å²) in [5.74, 6) is 2.61. The van der Waals surface area contributed by atoms with Crippen LogP contribution < -0.4 is 0 Å². The Morgan fingerprint density at radius 1 is 1.10 bits per heavy atom. The average molecular weight is 291 g/mol. The fourth-order valence-electron chi connectivity index (χ4n) is 4.03. The van der Waals surface area contributed by atoms with Gasteiger partial charge in [0.05, 0.1) is 5.38 Å². The maximum absolute atomic E-state index is 6.78. The van der Waals surface area contributed by atoms with E-state index in [-0.39, 0.29) is 10.8 Å². The Kier molecular flexibility index (Phi) is 3.88. The molecule has 3 unspecified atom stereocenters. The number of alkyl halides is 1. The largest absolute Gasteiger partial charge is 0.117 e. The van der Waals surface area contributed by atoms with Crippen molar-refractivity contribution >= 4 is 11.6 Å². The molecule has 0 radical (unpaired) electrons. The van der Waals surface area contributed by atoms with Gasteiger partial charge in [0, 0.05) is 0 Å². The van der Waals surface area contributed by atoms with Crippen molar-refractivity contribution in [3.8, 4) is 0 Å². The smallest absolute Gasteiger partial charge is 0.0618 e. The van der Waals surface area contributed by atoms with Gasteiger partial charge in [0.15, 0.2) is 0 Å². The summed E-state index contributed by atoms with van der Waals surface area (Å²) in [6.07, 6.45) is 6.85. The highest BCUT2D eigenvalue weighted by molar-refractivity contribution is 6.21. The highest BCUT2D eigenvalue weighted by Crippen LogP contribution is 2.62. The van der Waals surface area contributed by atoms with Gasteiger partial charge in [0.1, 0.15) is 0 Å². The highest BCUT2D eigenvalue weighted by Gasteiger charge is 2.53. The van der Waals surface area contributed by atoms with E-state index in [2.05, 4.69) is 45.0 Å². The van der Waals surface area contributed by atoms with E-state index < -0.39 is 0 Å². The van der Waals surface area contributed by atoms with E-state index in [0.717, 1.165) is 17.8 Å². The molecule has 0 saturated heterocycles. The molecule has 2 saturated carbocycles. The average Bonchev–Trinajstić information content (AvgIpc) is 3.21. The Morgan fingerprint density at radius 2 is 1.65 bits per heavy atom.